The Bertz CT molecular complexity index is 702. The Hall–Kier alpha value is -2.63. The zero-order valence-corrected chi connectivity index (χ0v) is 15.1. The molecular formula is C19H26N4O2. The number of hydrogen-bond acceptors (Lipinski definition) is 3. The summed E-state index contributed by atoms with van der Waals surface area (Å²) in [6.07, 6.45) is 4.66. The molecule has 0 fully saturated rings. The Kier molecular flexibility index (Phi) is 6.33. The molecule has 2 N–H and O–H groups in total. The molecule has 0 radical (unpaired) electrons. The Morgan fingerprint density at radius 2 is 1.84 bits per heavy atom. The monoisotopic (exact) mass is 342 g/mol. The van der Waals surface area contributed by atoms with Gasteiger partial charge < -0.3 is 10.6 Å². The molecule has 25 heavy (non-hydrogen) atoms. The van der Waals surface area contributed by atoms with Gasteiger partial charge in [0.15, 0.2) is 0 Å². The van der Waals surface area contributed by atoms with Crippen LogP contribution in [0.4, 0.5) is 0 Å². The molecule has 1 aromatic heterocycles. The highest BCUT2D eigenvalue weighted by molar-refractivity contribution is 5.81. The van der Waals surface area contributed by atoms with Crippen molar-refractivity contribution in [2.75, 3.05) is 6.54 Å². The van der Waals surface area contributed by atoms with Crippen molar-refractivity contribution in [3.05, 3.63) is 48.3 Å². The van der Waals surface area contributed by atoms with Gasteiger partial charge in [0, 0.05) is 36.7 Å². The maximum atomic E-state index is 11.9. The summed E-state index contributed by atoms with van der Waals surface area (Å²) in [5, 5.41) is 10.0. The number of carbonyl (C=O) groups excluding carboxylic acids is 2. The van der Waals surface area contributed by atoms with E-state index in [4.69, 9.17) is 0 Å². The lowest BCUT2D eigenvalue weighted by Gasteiger charge is -2.17. The van der Waals surface area contributed by atoms with Crippen LogP contribution in [0.2, 0.25) is 0 Å². The largest absolute Gasteiger partial charge is 0.356 e. The average Bonchev–Trinajstić information content (AvgIpc) is 3.05. The lowest BCUT2D eigenvalue weighted by molar-refractivity contribution is -0.128. The van der Waals surface area contributed by atoms with Crippen molar-refractivity contribution in [1.29, 1.82) is 0 Å². The van der Waals surface area contributed by atoms with Crippen molar-refractivity contribution in [2.45, 2.75) is 40.2 Å². The molecule has 0 aliphatic rings. The van der Waals surface area contributed by atoms with Crippen LogP contribution in [0.1, 0.15) is 39.2 Å². The van der Waals surface area contributed by atoms with E-state index >= 15 is 0 Å². The third-order valence-electron chi connectivity index (χ3n) is 3.69. The summed E-state index contributed by atoms with van der Waals surface area (Å²) in [6.45, 7) is 6.55. The van der Waals surface area contributed by atoms with E-state index in [2.05, 4.69) is 15.7 Å². The molecule has 0 saturated heterocycles. The standard InChI is InChI=1S/C19H26N4O2/c1-19(2,3)18(25)20-11-7-10-17(24)21-12-15-13-22-23(14-15)16-8-5-4-6-9-16/h4-6,8-9,13-14H,7,10-12H2,1-3H3,(H,20,25)(H,21,24). The SMILES string of the molecule is CC(C)(C)C(=O)NCCCC(=O)NCc1cnn(-c2ccccc2)c1. The van der Waals surface area contributed by atoms with Gasteiger partial charge in [-0.15, -0.1) is 0 Å². The van der Waals surface area contributed by atoms with E-state index in [-0.39, 0.29) is 11.8 Å². The summed E-state index contributed by atoms with van der Waals surface area (Å²) in [6, 6.07) is 9.81. The van der Waals surface area contributed by atoms with Gasteiger partial charge in [-0.1, -0.05) is 39.0 Å². The second-order valence-electron chi connectivity index (χ2n) is 7.01. The molecule has 6 heteroatoms. The highest BCUT2D eigenvalue weighted by Gasteiger charge is 2.20. The van der Waals surface area contributed by atoms with Crippen LogP contribution in [0.5, 0.6) is 0 Å². The maximum absolute atomic E-state index is 11.9. The second-order valence-corrected chi connectivity index (χ2v) is 7.01. The van der Waals surface area contributed by atoms with Gasteiger partial charge >= 0.3 is 0 Å². The number of amides is 2. The molecule has 2 amide bonds. The van der Waals surface area contributed by atoms with Crippen LogP contribution >= 0.6 is 0 Å². The zero-order valence-electron chi connectivity index (χ0n) is 15.1. The van der Waals surface area contributed by atoms with Crippen LogP contribution in [-0.2, 0) is 16.1 Å². The molecule has 0 bridgehead atoms. The number of nitrogens with one attached hydrogen (secondary N) is 2. The topological polar surface area (TPSA) is 76.0 Å². The van der Waals surface area contributed by atoms with Gasteiger partial charge in [0.1, 0.15) is 0 Å². The van der Waals surface area contributed by atoms with Crippen molar-refractivity contribution in [2.24, 2.45) is 5.41 Å². The average molecular weight is 342 g/mol. The minimum absolute atomic E-state index is 0.00114. The minimum atomic E-state index is -0.402. The molecule has 0 aliphatic heterocycles. The summed E-state index contributed by atoms with van der Waals surface area (Å²) in [7, 11) is 0. The molecule has 0 saturated carbocycles. The highest BCUT2D eigenvalue weighted by Crippen LogP contribution is 2.12. The van der Waals surface area contributed by atoms with E-state index < -0.39 is 5.41 Å². The first-order chi connectivity index (χ1) is 11.9. The van der Waals surface area contributed by atoms with E-state index in [9.17, 15) is 9.59 Å². The first-order valence-corrected chi connectivity index (χ1v) is 8.50. The van der Waals surface area contributed by atoms with E-state index in [0.29, 0.717) is 25.9 Å². The number of aromatic nitrogens is 2. The molecular weight excluding hydrogens is 316 g/mol. The molecule has 6 nitrogen and oxygen atoms in total. The van der Waals surface area contributed by atoms with Gasteiger partial charge in [0.2, 0.25) is 11.8 Å². The molecule has 134 valence electrons. The fourth-order valence-electron chi connectivity index (χ4n) is 2.18. The molecule has 0 atom stereocenters. The number of rotatable bonds is 7. The number of para-hydroxylation sites is 1. The molecule has 0 spiro atoms. The molecule has 1 heterocycles. The summed E-state index contributed by atoms with van der Waals surface area (Å²) in [5.74, 6) is -0.0290. The highest BCUT2D eigenvalue weighted by atomic mass is 16.2. The predicted octanol–water partition coefficient (Wildman–Crippen LogP) is 2.43. The lowest BCUT2D eigenvalue weighted by atomic mass is 9.96. The minimum Gasteiger partial charge on any atom is -0.356 e. The Balaban J connectivity index is 1.69. The zero-order chi connectivity index (χ0) is 18.3. The number of hydrogen-bond donors (Lipinski definition) is 2. The summed E-state index contributed by atoms with van der Waals surface area (Å²) < 4.78 is 1.78. The van der Waals surface area contributed by atoms with Gasteiger partial charge in [0.25, 0.3) is 0 Å². The first kappa shape index (κ1) is 18.7. The van der Waals surface area contributed by atoms with Crippen molar-refractivity contribution in [1.82, 2.24) is 20.4 Å². The van der Waals surface area contributed by atoms with Gasteiger partial charge in [-0.2, -0.15) is 5.10 Å². The fourth-order valence-corrected chi connectivity index (χ4v) is 2.18. The van der Waals surface area contributed by atoms with Crippen molar-refractivity contribution < 1.29 is 9.59 Å². The summed E-state index contributed by atoms with van der Waals surface area (Å²) in [4.78, 5) is 23.6. The van der Waals surface area contributed by atoms with Gasteiger partial charge in [0.05, 0.1) is 11.9 Å². The van der Waals surface area contributed by atoms with Gasteiger partial charge in [-0.3, -0.25) is 9.59 Å². The predicted molar refractivity (Wildman–Crippen MR) is 97.1 cm³/mol. The third kappa shape index (κ3) is 6.06. The molecule has 0 unspecified atom stereocenters. The molecule has 2 rings (SSSR count). The smallest absolute Gasteiger partial charge is 0.225 e. The maximum Gasteiger partial charge on any atom is 0.225 e. The molecule has 0 aliphatic carbocycles. The second kappa shape index (κ2) is 8.46. The number of nitrogens with zero attached hydrogens (tertiary/aromatic N) is 2. The van der Waals surface area contributed by atoms with Crippen LogP contribution < -0.4 is 10.6 Å². The van der Waals surface area contributed by atoms with Crippen molar-refractivity contribution >= 4 is 11.8 Å². The van der Waals surface area contributed by atoms with E-state index in [1.54, 1.807) is 10.9 Å². The normalized spacial score (nSPS) is 11.2. The van der Waals surface area contributed by atoms with Crippen LogP contribution in [0.3, 0.4) is 0 Å². The Labute approximate surface area is 148 Å². The van der Waals surface area contributed by atoms with E-state index in [0.717, 1.165) is 11.3 Å². The molecule has 2 aromatic rings. The van der Waals surface area contributed by atoms with Crippen molar-refractivity contribution in [3.8, 4) is 5.69 Å². The fraction of sp³-hybridized carbons (Fsp3) is 0.421. The quantitative estimate of drug-likeness (QED) is 0.759. The van der Waals surface area contributed by atoms with Crippen LogP contribution in [0.25, 0.3) is 5.69 Å². The summed E-state index contributed by atoms with van der Waals surface area (Å²) in [5.41, 5.74) is 1.52. The number of benzene rings is 1. The summed E-state index contributed by atoms with van der Waals surface area (Å²) >= 11 is 0. The van der Waals surface area contributed by atoms with Crippen LogP contribution in [0.15, 0.2) is 42.7 Å². The van der Waals surface area contributed by atoms with Gasteiger partial charge in [-0.05, 0) is 18.6 Å². The first-order valence-electron chi connectivity index (χ1n) is 8.50. The van der Waals surface area contributed by atoms with Crippen LogP contribution in [-0.4, -0.2) is 28.1 Å². The Morgan fingerprint density at radius 3 is 2.52 bits per heavy atom. The number of carbonyl (C=O) groups is 2. The third-order valence-corrected chi connectivity index (χ3v) is 3.69. The van der Waals surface area contributed by atoms with E-state index in [1.807, 2.05) is 57.3 Å². The van der Waals surface area contributed by atoms with E-state index in [1.165, 1.54) is 0 Å². The molecule has 1 aromatic carbocycles. The van der Waals surface area contributed by atoms with Gasteiger partial charge in [-0.25, -0.2) is 4.68 Å². The van der Waals surface area contributed by atoms with Crippen molar-refractivity contribution in [3.63, 3.8) is 0 Å². The lowest BCUT2D eigenvalue weighted by Crippen LogP contribution is -2.35. The Morgan fingerprint density at radius 1 is 1.12 bits per heavy atom. The van der Waals surface area contributed by atoms with Crippen LogP contribution in [0, 0.1) is 5.41 Å².